The number of thiazole rings is 1. The lowest BCUT2D eigenvalue weighted by Crippen LogP contribution is -2.29. The number of nitrogens with one attached hydrogen (secondary N) is 1. The first-order valence-electron chi connectivity index (χ1n) is 9.40. The predicted molar refractivity (Wildman–Crippen MR) is 115 cm³/mol. The molecule has 0 spiro atoms. The number of carbonyl (C=O) groups is 1. The Hall–Kier alpha value is -0.960. The van der Waals surface area contributed by atoms with Crippen molar-refractivity contribution in [2.45, 2.75) is 37.3 Å². The predicted octanol–water partition coefficient (Wildman–Crippen LogP) is 4.00. The summed E-state index contributed by atoms with van der Waals surface area (Å²) in [7, 11) is 0. The number of rotatable bonds is 11. The van der Waals surface area contributed by atoms with E-state index in [0.29, 0.717) is 12.3 Å². The van der Waals surface area contributed by atoms with E-state index in [9.17, 15) is 4.79 Å². The minimum atomic E-state index is 0.0876. The number of furan rings is 1. The number of hydrogen-bond donors (Lipinski definition) is 1. The van der Waals surface area contributed by atoms with Crippen molar-refractivity contribution in [1.82, 2.24) is 15.2 Å². The van der Waals surface area contributed by atoms with Gasteiger partial charge < -0.3 is 9.73 Å². The van der Waals surface area contributed by atoms with Crippen LogP contribution in [0.15, 0.2) is 28.2 Å². The van der Waals surface area contributed by atoms with Gasteiger partial charge in [-0.3, -0.25) is 9.69 Å². The fourth-order valence-electron chi connectivity index (χ4n) is 2.93. The molecule has 148 valence electrons. The smallest absolute Gasteiger partial charge is 0.230 e. The largest absolute Gasteiger partial charge is 0.468 e. The van der Waals surface area contributed by atoms with Crippen molar-refractivity contribution in [3.05, 3.63) is 40.2 Å². The minimum Gasteiger partial charge on any atom is -0.468 e. The third kappa shape index (κ3) is 7.89. The molecule has 3 heterocycles. The number of aromatic nitrogens is 1. The number of amides is 1. The first-order valence-corrected chi connectivity index (χ1v) is 12.6. The molecule has 1 saturated heterocycles. The highest BCUT2D eigenvalue weighted by molar-refractivity contribution is 7.99. The summed E-state index contributed by atoms with van der Waals surface area (Å²) >= 11 is 5.17. The zero-order valence-electron chi connectivity index (χ0n) is 15.5. The van der Waals surface area contributed by atoms with Crippen LogP contribution in [0.1, 0.15) is 35.7 Å². The Morgan fingerprint density at radius 1 is 1.26 bits per heavy atom. The normalized spacial score (nSPS) is 15.1. The molecule has 0 saturated carbocycles. The highest BCUT2D eigenvalue weighted by Crippen LogP contribution is 2.19. The Morgan fingerprint density at radius 2 is 2.15 bits per heavy atom. The molecule has 0 unspecified atom stereocenters. The van der Waals surface area contributed by atoms with Crippen LogP contribution in [0.5, 0.6) is 0 Å². The molecule has 27 heavy (non-hydrogen) atoms. The lowest BCUT2D eigenvalue weighted by molar-refractivity contribution is -0.118. The van der Waals surface area contributed by atoms with Crippen molar-refractivity contribution >= 4 is 40.8 Å². The maximum atomic E-state index is 11.8. The molecule has 2 aromatic heterocycles. The van der Waals surface area contributed by atoms with Gasteiger partial charge in [0.05, 0.1) is 30.0 Å². The van der Waals surface area contributed by atoms with Crippen LogP contribution in [0.3, 0.4) is 0 Å². The molecule has 0 bridgehead atoms. The van der Waals surface area contributed by atoms with Gasteiger partial charge in [-0.05, 0) is 38.1 Å². The van der Waals surface area contributed by atoms with Crippen LogP contribution in [-0.4, -0.2) is 46.9 Å². The van der Waals surface area contributed by atoms with E-state index in [-0.39, 0.29) is 5.91 Å². The second-order valence-corrected chi connectivity index (χ2v) is 9.58. The third-order valence-electron chi connectivity index (χ3n) is 4.28. The lowest BCUT2D eigenvalue weighted by Gasteiger charge is -2.25. The van der Waals surface area contributed by atoms with Crippen molar-refractivity contribution in [1.29, 1.82) is 0 Å². The second kappa shape index (κ2) is 11.8. The van der Waals surface area contributed by atoms with E-state index < -0.39 is 0 Å². The summed E-state index contributed by atoms with van der Waals surface area (Å²) < 4.78 is 5.25. The molecule has 1 aliphatic heterocycles. The first kappa shape index (κ1) is 20.8. The Morgan fingerprint density at radius 3 is 2.96 bits per heavy atom. The van der Waals surface area contributed by atoms with Gasteiger partial charge in [-0.1, -0.05) is 6.42 Å². The van der Waals surface area contributed by atoms with Crippen molar-refractivity contribution in [2.75, 3.05) is 31.1 Å². The van der Waals surface area contributed by atoms with Gasteiger partial charge in [-0.25, -0.2) is 4.98 Å². The monoisotopic (exact) mass is 425 g/mol. The van der Waals surface area contributed by atoms with Crippen molar-refractivity contribution in [3.63, 3.8) is 0 Å². The number of thioether (sulfide) groups is 2. The fraction of sp³-hybridized carbons (Fsp3) is 0.579. The molecule has 1 aliphatic rings. The molecular formula is C19H27N3O2S3. The van der Waals surface area contributed by atoms with Crippen LogP contribution >= 0.6 is 34.9 Å². The molecule has 1 amide bonds. The highest BCUT2D eigenvalue weighted by atomic mass is 32.2. The topological polar surface area (TPSA) is 58.4 Å². The maximum Gasteiger partial charge on any atom is 0.230 e. The summed E-state index contributed by atoms with van der Waals surface area (Å²) in [4.78, 5) is 19.1. The summed E-state index contributed by atoms with van der Waals surface area (Å²) in [6, 6.07) is 3.80. The molecule has 1 N–H and O–H groups in total. The van der Waals surface area contributed by atoms with Crippen LogP contribution in [0.2, 0.25) is 0 Å². The van der Waals surface area contributed by atoms with Gasteiger partial charge >= 0.3 is 0 Å². The van der Waals surface area contributed by atoms with E-state index in [1.54, 1.807) is 29.4 Å². The fourth-order valence-corrected chi connectivity index (χ4v) is 5.37. The highest BCUT2D eigenvalue weighted by Gasteiger charge is 2.12. The van der Waals surface area contributed by atoms with E-state index >= 15 is 0 Å². The van der Waals surface area contributed by atoms with Crippen LogP contribution in [-0.2, 0) is 22.8 Å². The average molecular weight is 426 g/mol. The number of hydrogen-bond acceptors (Lipinski definition) is 7. The van der Waals surface area contributed by atoms with Crippen LogP contribution in [0.25, 0.3) is 0 Å². The van der Waals surface area contributed by atoms with E-state index in [0.717, 1.165) is 35.3 Å². The molecule has 3 rings (SSSR count). The van der Waals surface area contributed by atoms with Crippen molar-refractivity contribution in [2.24, 2.45) is 0 Å². The summed E-state index contributed by atoms with van der Waals surface area (Å²) in [6.07, 6.45) is 5.67. The first-order chi connectivity index (χ1) is 13.3. The molecule has 0 radical (unpaired) electrons. The number of likely N-dealkylation sites (tertiary alicyclic amines) is 1. The number of nitrogens with zero attached hydrogens (tertiary/aromatic N) is 2. The Bertz CT molecular complexity index is 670. The van der Waals surface area contributed by atoms with Crippen LogP contribution in [0, 0.1) is 0 Å². The van der Waals surface area contributed by atoms with Gasteiger partial charge in [-0.15, -0.1) is 23.1 Å². The lowest BCUT2D eigenvalue weighted by atomic mass is 10.1. The summed E-state index contributed by atoms with van der Waals surface area (Å²) in [5, 5.41) is 6.38. The van der Waals surface area contributed by atoms with E-state index in [4.69, 9.17) is 9.40 Å². The molecule has 0 aliphatic carbocycles. The Labute approximate surface area is 173 Å². The van der Waals surface area contributed by atoms with Gasteiger partial charge in [0, 0.05) is 23.4 Å². The molecule has 0 atom stereocenters. The van der Waals surface area contributed by atoms with Gasteiger partial charge in [0.25, 0.3) is 0 Å². The second-order valence-electron chi connectivity index (χ2n) is 6.54. The zero-order chi connectivity index (χ0) is 18.7. The van der Waals surface area contributed by atoms with E-state index in [1.165, 1.54) is 37.4 Å². The maximum absolute atomic E-state index is 11.8. The summed E-state index contributed by atoms with van der Waals surface area (Å²) in [5.41, 5.74) is 1.16. The van der Waals surface area contributed by atoms with Crippen LogP contribution < -0.4 is 5.32 Å². The average Bonchev–Trinajstić information content (AvgIpc) is 3.34. The summed E-state index contributed by atoms with van der Waals surface area (Å²) in [5.74, 6) is 4.03. The van der Waals surface area contributed by atoms with Gasteiger partial charge in [-0.2, -0.15) is 11.8 Å². The van der Waals surface area contributed by atoms with Gasteiger partial charge in [0.2, 0.25) is 5.91 Å². The van der Waals surface area contributed by atoms with Gasteiger partial charge in [0.15, 0.2) is 0 Å². The third-order valence-corrected chi connectivity index (χ3v) is 7.11. The van der Waals surface area contributed by atoms with Crippen LogP contribution in [0.4, 0.5) is 0 Å². The van der Waals surface area contributed by atoms with Crippen molar-refractivity contribution in [3.8, 4) is 0 Å². The quantitative estimate of drug-likeness (QED) is 0.549. The van der Waals surface area contributed by atoms with E-state index in [2.05, 4.69) is 15.6 Å². The molecule has 0 aromatic carbocycles. The van der Waals surface area contributed by atoms with Crippen molar-refractivity contribution < 1.29 is 9.21 Å². The zero-order valence-corrected chi connectivity index (χ0v) is 18.0. The summed E-state index contributed by atoms with van der Waals surface area (Å²) in [6.45, 7) is 4.13. The Kier molecular flexibility index (Phi) is 9.06. The minimum absolute atomic E-state index is 0.0876. The van der Waals surface area contributed by atoms with E-state index in [1.807, 2.05) is 23.9 Å². The molecule has 1 fully saturated rings. The molecule has 8 heteroatoms. The number of piperidine rings is 1. The molecule has 5 nitrogen and oxygen atoms in total. The SMILES string of the molecule is O=C(CSCc1ccco1)NCCSCc1csc(CN2CCCCC2)n1. The standard InChI is InChI=1S/C19H27N3O2S3/c23-18(15-26-14-17-5-4-9-24-17)20-6-10-25-12-16-13-27-19(21-16)11-22-7-2-1-3-8-22/h4-5,9,13H,1-3,6-8,10-12,14-15H2,(H,20,23). The van der Waals surface area contributed by atoms with Gasteiger partial charge in [0.1, 0.15) is 10.8 Å². The molecular weight excluding hydrogens is 398 g/mol. The molecule has 2 aromatic rings. The Balaban J connectivity index is 1.22. The number of carbonyl (C=O) groups excluding carboxylic acids is 1.